The van der Waals surface area contributed by atoms with Gasteiger partial charge in [-0.15, -0.1) is 0 Å². The van der Waals surface area contributed by atoms with Gasteiger partial charge in [0.1, 0.15) is 0 Å². The highest BCUT2D eigenvalue weighted by molar-refractivity contribution is 5.34. The normalized spacial score (nSPS) is 25.7. The van der Waals surface area contributed by atoms with E-state index < -0.39 is 0 Å². The molecule has 0 amide bonds. The van der Waals surface area contributed by atoms with E-state index in [1.54, 1.807) is 0 Å². The molecular weight excluding hydrogens is 224 g/mol. The summed E-state index contributed by atoms with van der Waals surface area (Å²) in [5.74, 6) is 0.875. The van der Waals surface area contributed by atoms with Gasteiger partial charge in [0.2, 0.25) is 5.95 Å². The molecule has 1 aromatic heterocycles. The Bertz CT molecular complexity index is 365. The van der Waals surface area contributed by atoms with Crippen molar-refractivity contribution in [3.63, 3.8) is 0 Å². The molecule has 0 N–H and O–H groups in total. The lowest BCUT2D eigenvalue weighted by molar-refractivity contribution is 0.153. The summed E-state index contributed by atoms with van der Waals surface area (Å²) in [6.45, 7) is 11.3. The Morgan fingerprint density at radius 2 is 1.94 bits per heavy atom. The van der Waals surface area contributed by atoms with E-state index in [0.717, 1.165) is 25.5 Å². The van der Waals surface area contributed by atoms with E-state index in [0.29, 0.717) is 18.1 Å². The van der Waals surface area contributed by atoms with Crippen LogP contribution < -0.4 is 4.90 Å². The molecule has 2 unspecified atom stereocenters. The summed E-state index contributed by atoms with van der Waals surface area (Å²) >= 11 is 0. The number of nitrogens with zero attached hydrogens (tertiary/aromatic N) is 4. The van der Waals surface area contributed by atoms with Crippen LogP contribution in [0.5, 0.6) is 0 Å². The maximum absolute atomic E-state index is 4.42. The minimum absolute atomic E-state index is 0.466. The van der Waals surface area contributed by atoms with Gasteiger partial charge in [0, 0.05) is 43.6 Å². The van der Waals surface area contributed by atoms with Crippen LogP contribution in [0, 0.1) is 0 Å². The molecule has 1 aliphatic rings. The van der Waals surface area contributed by atoms with Crippen molar-refractivity contribution in [3.05, 3.63) is 18.5 Å². The first kappa shape index (κ1) is 13.3. The lowest BCUT2D eigenvalue weighted by Crippen LogP contribution is -2.59. The number of anilines is 1. The number of piperazine rings is 1. The molecule has 4 nitrogen and oxygen atoms in total. The fourth-order valence-corrected chi connectivity index (χ4v) is 2.75. The van der Waals surface area contributed by atoms with Gasteiger partial charge in [0.05, 0.1) is 0 Å². The zero-order valence-electron chi connectivity index (χ0n) is 11.9. The molecule has 1 fully saturated rings. The molecule has 0 saturated carbocycles. The minimum Gasteiger partial charge on any atom is -0.333 e. The van der Waals surface area contributed by atoms with Crippen molar-refractivity contribution < 1.29 is 0 Å². The van der Waals surface area contributed by atoms with Crippen LogP contribution in [-0.4, -0.2) is 46.1 Å². The van der Waals surface area contributed by atoms with Crippen LogP contribution in [0.1, 0.15) is 34.1 Å². The third-order valence-corrected chi connectivity index (χ3v) is 3.80. The third-order valence-electron chi connectivity index (χ3n) is 3.80. The second-order valence-electron chi connectivity index (χ2n) is 5.41. The summed E-state index contributed by atoms with van der Waals surface area (Å²) in [7, 11) is 0. The van der Waals surface area contributed by atoms with Crippen LogP contribution in [0.4, 0.5) is 5.95 Å². The Kier molecular flexibility index (Phi) is 4.17. The van der Waals surface area contributed by atoms with E-state index in [1.165, 1.54) is 0 Å². The van der Waals surface area contributed by atoms with Gasteiger partial charge in [-0.1, -0.05) is 6.92 Å². The highest BCUT2D eigenvalue weighted by Crippen LogP contribution is 2.23. The monoisotopic (exact) mass is 248 g/mol. The van der Waals surface area contributed by atoms with Crippen LogP contribution in [0.2, 0.25) is 0 Å². The van der Waals surface area contributed by atoms with E-state index in [-0.39, 0.29) is 0 Å². The molecule has 2 heterocycles. The largest absolute Gasteiger partial charge is 0.333 e. The zero-order valence-corrected chi connectivity index (χ0v) is 11.9. The van der Waals surface area contributed by atoms with Crippen molar-refractivity contribution >= 4 is 5.95 Å². The standard InChI is InChI=1S/C14H24N4/c1-5-13-10-17(11(2)3)9-12(4)18(13)14-15-7-6-8-16-14/h6-8,11-13H,5,9-10H2,1-4H3. The summed E-state index contributed by atoms with van der Waals surface area (Å²) in [6, 6.07) is 3.46. The van der Waals surface area contributed by atoms with Gasteiger partial charge in [0.25, 0.3) is 0 Å². The summed E-state index contributed by atoms with van der Waals surface area (Å²) in [5.41, 5.74) is 0. The first-order chi connectivity index (χ1) is 8.63. The van der Waals surface area contributed by atoms with Crippen LogP contribution in [0.25, 0.3) is 0 Å². The summed E-state index contributed by atoms with van der Waals surface area (Å²) in [6.07, 6.45) is 4.79. The minimum atomic E-state index is 0.466. The Hall–Kier alpha value is -1.16. The van der Waals surface area contributed by atoms with Gasteiger partial charge in [0.15, 0.2) is 0 Å². The van der Waals surface area contributed by atoms with Crippen molar-refractivity contribution in [2.24, 2.45) is 0 Å². The average Bonchev–Trinajstić information content (AvgIpc) is 2.38. The van der Waals surface area contributed by atoms with Crippen LogP contribution in [0.3, 0.4) is 0 Å². The number of hydrogen-bond donors (Lipinski definition) is 0. The quantitative estimate of drug-likeness (QED) is 0.820. The lowest BCUT2D eigenvalue weighted by Gasteiger charge is -2.47. The second kappa shape index (κ2) is 5.65. The Morgan fingerprint density at radius 3 is 2.50 bits per heavy atom. The summed E-state index contributed by atoms with van der Waals surface area (Å²) in [4.78, 5) is 13.8. The fraction of sp³-hybridized carbons (Fsp3) is 0.714. The van der Waals surface area contributed by atoms with E-state index in [2.05, 4.69) is 47.5 Å². The Morgan fingerprint density at radius 1 is 1.28 bits per heavy atom. The second-order valence-corrected chi connectivity index (χ2v) is 5.41. The van der Waals surface area contributed by atoms with E-state index in [9.17, 15) is 0 Å². The average molecular weight is 248 g/mol. The van der Waals surface area contributed by atoms with Crippen molar-refractivity contribution in [1.82, 2.24) is 14.9 Å². The topological polar surface area (TPSA) is 32.3 Å². The first-order valence-corrected chi connectivity index (χ1v) is 6.92. The molecule has 1 aliphatic heterocycles. The highest BCUT2D eigenvalue weighted by Gasteiger charge is 2.33. The molecule has 0 aliphatic carbocycles. The molecule has 0 bridgehead atoms. The lowest BCUT2D eigenvalue weighted by atomic mass is 10.0. The van der Waals surface area contributed by atoms with Crippen LogP contribution in [0.15, 0.2) is 18.5 Å². The molecule has 0 spiro atoms. The predicted octanol–water partition coefficient (Wildman–Crippen LogP) is 2.17. The van der Waals surface area contributed by atoms with E-state index >= 15 is 0 Å². The Labute approximate surface area is 110 Å². The maximum Gasteiger partial charge on any atom is 0.225 e. The molecule has 2 atom stereocenters. The summed E-state index contributed by atoms with van der Waals surface area (Å²) < 4.78 is 0. The molecule has 18 heavy (non-hydrogen) atoms. The van der Waals surface area contributed by atoms with Gasteiger partial charge in [-0.3, -0.25) is 4.90 Å². The zero-order chi connectivity index (χ0) is 13.1. The van der Waals surface area contributed by atoms with Crippen molar-refractivity contribution in [1.29, 1.82) is 0 Å². The molecule has 1 saturated heterocycles. The fourth-order valence-electron chi connectivity index (χ4n) is 2.75. The van der Waals surface area contributed by atoms with Gasteiger partial charge in [-0.2, -0.15) is 0 Å². The van der Waals surface area contributed by atoms with Crippen molar-refractivity contribution in [2.45, 2.75) is 52.2 Å². The maximum atomic E-state index is 4.42. The first-order valence-electron chi connectivity index (χ1n) is 6.92. The van der Waals surface area contributed by atoms with Crippen LogP contribution >= 0.6 is 0 Å². The van der Waals surface area contributed by atoms with Crippen LogP contribution in [-0.2, 0) is 0 Å². The van der Waals surface area contributed by atoms with Gasteiger partial charge < -0.3 is 4.90 Å². The molecule has 2 rings (SSSR count). The van der Waals surface area contributed by atoms with Gasteiger partial charge >= 0.3 is 0 Å². The predicted molar refractivity (Wildman–Crippen MR) is 74.8 cm³/mol. The number of hydrogen-bond acceptors (Lipinski definition) is 4. The number of rotatable bonds is 3. The molecular formula is C14H24N4. The third kappa shape index (κ3) is 2.64. The van der Waals surface area contributed by atoms with Gasteiger partial charge in [-0.05, 0) is 33.3 Å². The molecule has 4 heteroatoms. The molecule has 0 aromatic carbocycles. The number of aromatic nitrogens is 2. The SMILES string of the molecule is CCC1CN(C(C)C)CC(C)N1c1ncccn1. The van der Waals surface area contributed by atoms with Gasteiger partial charge in [-0.25, -0.2) is 9.97 Å². The Balaban J connectivity index is 2.20. The van der Waals surface area contributed by atoms with E-state index in [4.69, 9.17) is 0 Å². The highest BCUT2D eigenvalue weighted by atomic mass is 15.4. The smallest absolute Gasteiger partial charge is 0.225 e. The van der Waals surface area contributed by atoms with Crippen molar-refractivity contribution in [3.8, 4) is 0 Å². The van der Waals surface area contributed by atoms with Crippen molar-refractivity contribution in [2.75, 3.05) is 18.0 Å². The van der Waals surface area contributed by atoms with E-state index in [1.807, 2.05) is 18.5 Å². The molecule has 1 aromatic rings. The molecule has 0 radical (unpaired) electrons. The molecule has 100 valence electrons. The summed E-state index contributed by atoms with van der Waals surface area (Å²) in [5, 5.41) is 0.